The standard InChI is InChI=1S/C10H18N2OS/c1-4-9-12-8(3)10(14-9)7(2)11-5-6-13/h7,11,13H,4-6H2,1-3H3. The quantitative estimate of drug-likeness (QED) is 0.783. The Labute approximate surface area is 89.2 Å². The molecule has 1 unspecified atom stereocenters. The molecule has 0 radical (unpaired) electrons. The van der Waals surface area contributed by atoms with Crippen LogP contribution in [0.4, 0.5) is 0 Å². The summed E-state index contributed by atoms with van der Waals surface area (Å²) < 4.78 is 0. The maximum Gasteiger partial charge on any atom is 0.0928 e. The van der Waals surface area contributed by atoms with Crippen molar-refractivity contribution in [2.24, 2.45) is 0 Å². The Morgan fingerprint density at radius 1 is 1.57 bits per heavy atom. The second kappa shape index (κ2) is 5.44. The topological polar surface area (TPSA) is 45.2 Å². The molecule has 0 aliphatic heterocycles. The summed E-state index contributed by atoms with van der Waals surface area (Å²) in [4.78, 5) is 5.76. The fourth-order valence-corrected chi connectivity index (χ4v) is 2.43. The molecule has 2 N–H and O–H groups in total. The van der Waals surface area contributed by atoms with Crippen LogP contribution in [0, 0.1) is 6.92 Å². The van der Waals surface area contributed by atoms with Crippen molar-refractivity contribution in [1.29, 1.82) is 0 Å². The fraction of sp³-hybridized carbons (Fsp3) is 0.700. The first-order valence-corrected chi connectivity index (χ1v) is 5.81. The molecular formula is C10H18N2OS. The minimum absolute atomic E-state index is 0.183. The summed E-state index contributed by atoms with van der Waals surface area (Å²) in [6.45, 7) is 7.09. The van der Waals surface area contributed by atoms with Crippen molar-refractivity contribution >= 4 is 11.3 Å². The van der Waals surface area contributed by atoms with Gasteiger partial charge in [-0.2, -0.15) is 0 Å². The molecule has 0 fully saturated rings. The van der Waals surface area contributed by atoms with E-state index in [0.717, 1.165) is 12.1 Å². The van der Waals surface area contributed by atoms with Gasteiger partial charge in [-0.05, 0) is 20.3 Å². The lowest BCUT2D eigenvalue weighted by Crippen LogP contribution is -2.21. The van der Waals surface area contributed by atoms with Gasteiger partial charge >= 0.3 is 0 Å². The maximum absolute atomic E-state index is 8.71. The zero-order chi connectivity index (χ0) is 10.6. The third-order valence-corrected chi connectivity index (χ3v) is 3.62. The van der Waals surface area contributed by atoms with Crippen molar-refractivity contribution in [3.8, 4) is 0 Å². The van der Waals surface area contributed by atoms with Crippen LogP contribution in [0.15, 0.2) is 0 Å². The number of aromatic nitrogens is 1. The van der Waals surface area contributed by atoms with Gasteiger partial charge < -0.3 is 10.4 Å². The van der Waals surface area contributed by atoms with Gasteiger partial charge in [-0.3, -0.25) is 0 Å². The first kappa shape index (κ1) is 11.6. The van der Waals surface area contributed by atoms with E-state index in [4.69, 9.17) is 5.11 Å². The lowest BCUT2D eigenvalue weighted by atomic mass is 10.2. The van der Waals surface area contributed by atoms with Crippen molar-refractivity contribution in [3.05, 3.63) is 15.6 Å². The fourth-order valence-electron chi connectivity index (χ4n) is 1.39. The SMILES string of the molecule is CCc1nc(C)c(C(C)NCCO)s1. The predicted molar refractivity (Wildman–Crippen MR) is 59.7 cm³/mol. The largest absolute Gasteiger partial charge is 0.395 e. The van der Waals surface area contributed by atoms with Gasteiger partial charge in [0, 0.05) is 17.5 Å². The lowest BCUT2D eigenvalue weighted by molar-refractivity contribution is 0.286. The molecule has 0 bridgehead atoms. The van der Waals surface area contributed by atoms with E-state index >= 15 is 0 Å². The minimum Gasteiger partial charge on any atom is -0.395 e. The Morgan fingerprint density at radius 3 is 2.79 bits per heavy atom. The summed E-state index contributed by atoms with van der Waals surface area (Å²) in [5.41, 5.74) is 1.12. The highest BCUT2D eigenvalue weighted by Crippen LogP contribution is 2.24. The number of thiazole rings is 1. The van der Waals surface area contributed by atoms with Crippen LogP contribution in [0.3, 0.4) is 0 Å². The van der Waals surface area contributed by atoms with Crippen molar-refractivity contribution < 1.29 is 5.11 Å². The summed E-state index contributed by atoms with van der Waals surface area (Å²) in [6, 6.07) is 0.292. The third kappa shape index (κ3) is 2.77. The molecule has 0 amide bonds. The molecule has 0 spiro atoms. The smallest absolute Gasteiger partial charge is 0.0928 e. The Bertz CT molecular complexity index is 286. The average molecular weight is 214 g/mol. The van der Waals surface area contributed by atoms with Crippen molar-refractivity contribution in [1.82, 2.24) is 10.3 Å². The van der Waals surface area contributed by atoms with E-state index in [1.165, 1.54) is 9.88 Å². The number of hydrogen-bond acceptors (Lipinski definition) is 4. The summed E-state index contributed by atoms with van der Waals surface area (Å²) >= 11 is 1.76. The van der Waals surface area contributed by atoms with Gasteiger partial charge in [0.1, 0.15) is 0 Å². The Morgan fingerprint density at radius 2 is 2.29 bits per heavy atom. The van der Waals surface area contributed by atoms with Gasteiger partial charge in [0.15, 0.2) is 0 Å². The molecule has 0 aliphatic rings. The molecule has 1 aromatic heterocycles. The minimum atomic E-state index is 0.183. The normalized spacial score (nSPS) is 13.1. The molecule has 4 heteroatoms. The average Bonchev–Trinajstić information content (AvgIpc) is 2.56. The van der Waals surface area contributed by atoms with Crippen LogP contribution in [0.25, 0.3) is 0 Å². The first-order chi connectivity index (χ1) is 6.69. The number of aliphatic hydroxyl groups excluding tert-OH is 1. The van der Waals surface area contributed by atoms with E-state index in [9.17, 15) is 0 Å². The van der Waals surface area contributed by atoms with E-state index in [1.807, 2.05) is 6.92 Å². The maximum atomic E-state index is 8.71. The van der Waals surface area contributed by atoms with E-state index in [1.54, 1.807) is 11.3 Å². The Kier molecular flexibility index (Phi) is 4.51. The first-order valence-electron chi connectivity index (χ1n) is 4.99. The van der Waals surface area contributed by atoms with Gasteiger partial charge in [0.2, 0.25) is 0 Å². The molecule has 0 aliphatic carbocycles. The molecule has 1 atom stereocenters. The van der Waals surface area contributed by atoms with Crippen LogP contribution in [0.5, 0.6) is 0 Å². The Balaban J connectivity index is 2.68. The van der Waals surface area contributed by atoms with E-state index in [0.29, 0.717) is 12.6 Å². The predicted octanol–water partition coefficient (Wildman–Crippen LogP) is 1.66. The van der Waals surface area contributed by atoms with Crippen molar-refractivity contribution in [2.75, 3.05) is 13.2 Å². The zero-order valence-corrected chi connectivity index (χ0v) is 9.82. The van der Waals surface area contributed by atoms with E-state index in [2.05, 4.69) is 24.1 Å². The van der Waals surface area contributed by atoms with Gasteiger partial charge in [-0.15, -0.1) is 11.3 Å². The van der Waals surface area contributed by atoms with Gasteiger partial charge in [-0.1, -0.05) is 6.92 Å². The summed E-state index contributed by atoms with van der Waals surface area (Å²) in [5.74, 6) is 0. The number of nitrogens with one attached hydrogen (secondary N) is 1. The van der Waals surface area contributed by atoms with Crippen molar-refractivity contribution in [2.45, 2.75) is 33.2 Å². The van der Waals surface area contributed by atoms with Crippen LogP contribution in [0.2, 0.25) is 0 Å². The number of aryl methyl sites for hydroxylation is 2. The summed E-state index contributed by atoms with van der Waals surface area (Å²) in [6.07, 6.45) is 0.998. The van der Waals surface area contributed by atoms with Crippen LogP contribution in [-0.2, 0) is 6.42 Å². The Hall–Kier alpha value is -0.450. The second-order valence-corrected chi connectivity index (χ2v) is 4.43. The molecule has 3 nitrogen and oxygen atoms in total. The molecule has 1 rings (SSSR count). The lowest BCUT2D eigenvalue weighted by Gasteiger charge is -2.10. The summed E-state index contributed by atoms with van der Waals surface area (Å²) in [5, 5.41) is 13.1. The highest BCUT2D eigenvalue weighted by Gasteiger charge is 2.12. The van der Waals surface area contributed by atoms with Crippen LogP contribution < -0.4 is 5.32 Å². The molecule has 80 valence electrons. The number of aliphatic hydroxyl groups is 1. The number of hydrogen-bond donors (Lipinski definition) is 2. The van der Waals surface area contributed by atoms with Crippen LogP contribution >= 0.6 is 11.3 Å². The second-order valence-electron chi connectivity index (χ2n) is 3.31. The summed E-state index contributed by atoms with van der Waals surface area (Å²) in [7, 11) is 0. The zero-order valence-electron chi connectivity index (χ0n) is 9.00. The monoisotopic (exact) mass is 214 g/mol. The molecular weight excluding hydrogens is 196 g/mol. The highest BCUT2D eigenvalue weighted by atomic mass is 32.1. The van der Waals surface area contributed by atoms with Crippen LogP contribution in [-0.4, -0.2) is 23.2 Å². The van der Waals surface area contributed by atoms with Gasteiger partial charge in [0.25, 0.3) is 0 Å². The number of rotatable bonds is 5. The van der Waals surface area contributed by atoms with E-state index in [-0.39, 0.29) is 6.61 Å². The van der Waals surface area contributed by atoms with E-state index < -0.39 is 0 Å². The highest BCUT2D eigenvalue weighted by molar-refractivity contribution is 7.11. The molecule has 14 heavy (non-hydrogen) atoms. The molecule has 0 saturated heterocycles. The molecule has 0 aromatic carbocycles. The molecule has 0 saturated carbocycles. The van der Waals surface area contributed by atoms with Gasteiger partial charge in [-0.25, -0.2) is 4.98 Å². The third-order valence-electron chi connectivity index (χ3n) is 2.13. The number of nitrogens with zero attached hydrogens (tertiary/aromatic N) is 1. The molecule has 1 heterocycles. The van der Waals surface area contributed by atoms with Crippen molar-refractivity contribution in [3.63, 3.8) is 0 Å². The van der Waals surface area contributed by atoms with Gasteiger partial charge in [0.05, 0.1) is 17.3 Å². The molecule has 1 aromatic rings. The van der Waals surface area contributed by atoms with Crippen LogP contribution in [0.1, 0.15) is 35.5 Å².